The van der Waals surface area contributed by atoms with Gasteiger partial charge in [0.1, 0.15) is 5.75 Å². The Hall–Kier alpha value is -4.11. The predicted octanol–water partition coefficient (Wildman–Crippen LogP) is 3.70. The Morgan fingerprint density at radius 3 is 2.42 bits per heavy atom. The molecule has 1 aliphatic heterocycles. The Bertz CT molecular complexity index is 1160. The Balaban J connectivity index is 1.46. The molecule has 0 fully saturated rings. The van der Waals surface area contributed by atoms with Crippen LogP contribution in [0.4, 0.5) is 5.69 Å². The van der Waals surface area contributed by atoms with Gasteiger partial charge >= 0.3 is 0 Å². The van der Waals surface area contributed by atoms with E-state index >= 15 is 0 Å². The summed E-state index contributed by atoms with van der Waals surface area (Å²) in [5.41, 5.74) is 4.52. The number of nitrogens with zero attached hydrogens (tertiary/aromatic N) is 2. The van der Waals surface area contributed by atoms with E-state index in [2.05, 4.69) is 5.32 Å². The molecule has 4 rings (SSSR count). The normalized spacial score (nSPS) is 12.1. The molecule has 3 aromatic rings. The lowest BCUT2D eigenvalue weighted by Crippen LogP contribution is -2.29. The molecule has 0 saturated carbocycles. The average Bonchev–Trinajstić information content (AvgIpc) is 3.25. The van der Waals surface area contributed by atoms with Crippen molar-refractivity contribution in [2.45, 2.75) is 13.0 Å². The van der Waals surface area contributed by atoms with Gasteiger partial charge in [0, 0.05) is 29.9 Å². The Morgan fingerprint density at radius 2 is 1.74 bits per heavy atom. The Kier molecular flexibility index (Phi) is 5.67. The van der Waals surface area contributed by atoms with Crippen LogP contribution in [0.25, 0.3) is 0 Å². The fraction of sp³-hybridized carbons (Fsp3) is 0.160. The molecular weight excluding hydrogens is 390 g/mol. The van der Waals surface area contributed by atoms with Gasteiger partial charge in [-0.2, -0.15) is 5.26 Å². The number of nitriles is 1. The SMILES string of the molecule is COc1ccc(C(=O)N2CCc3ccc(CNC(=O)c4ccc(C#N)cc4)cc32)cc1. The van der Waals surface area contributed by atoms with Crippen LogP contribution in [0.5, 0.6) is 5.75 Å². The second kappa shape index (κ2) is 8.72. The van der Waals surface area contributed by atoms with E-state index in [1.807, 2.05) is 24.3 Å². The number of anilines is 1. The summed E-state index contributed by atoms with van der Waals surface area (Å²) in [5.74, 6) is 0.440. The van der Waals surface area contributed by atoms with Crippen LogP contribution in [-0.4, -0.2) is 25.5 Å². The fourth-order valence-electron chi connectivity index (χ4n) is 3.62. The molecule has 1 aliphatic rings. The van der Waals surface area contributed by atoms with Crippen molar-refractivity contribution in [1.82, 2.24) is 5.32 Å². The summed E-state index contributed by atoms with van der Waals surface area (Å²) in [7, 11) is 1.59. The first-order chi connectivity index (χ1) is 15.1. The van der Waals surface area contributed by atoms with Crippen LogP contribution in [0.3, 0.4) is 0 Å². The van der Waals surface area contributed by atoms with E-state index in [1.54, 1.807) is 60.5 Å². The van der Waals surface area contributed by atoms with E-state index in [0.717, 1.165) is 23.2 Å². The molecule has 6 nitrogen and oxygen atoms in total. The summed E-state index contributed by atoms with van der Waals surface area (Å²) in [5, 5.41) is 11.8. The van der Waals surface area contributed by atoms with Crippen LogP contribution in [0, 0.1) is 11.3 Å². The molecule has 6 heteroatoms. The lowest BCUT2D eigenvalue weighted by atomic mass is 10.1. The second-order valence-corrected chi connectivity index (χ2v) is 7.27. The first-order valence-corrected chi connectivity index (χ1v) is 9.95. The minimum absolute atomic E-state index is 0.0554. The first-order valence-electron chi connectivity index (χ1n) is 9.95. The van der Waals surface area contributed by atoms with Crippen molar-refractivity contribution in [1.29, 1.82) is 5.26 Å². The summed E-state index contributed by atoms with van der Waals surface area (Å²) >= 11 is 0. The second-order valence-electron chi connectivity index (χ2n) is 7.27. The van der Waals surface area contributed by atoms with E-state index in [-0.39, 0.29) is 11.8 Å². The van der Waals surface area contributed by atoms with Gasteiger partial charge in [-0.05, 0) is 72.1 Å². The van der Waals surface area contributed by atoms with Gasteiger partial charge in [-0.3, -0.25) is 9.59 Å². The average molecular weight is 411 g/mol. The van der Waals surface area contributed by atoms with Crippen LogP contribution in [0.2, 0.25) is 0 Å². The number of hydrogen-bond acceptors (Lipinski definition) is 4. The highest BCUT2D eigenvalue weighted by molar-refractivity contribution is 6.07. The summed E-state index contributed by atoms with van der Waals surface area (Å²) in [6.07, 6.45) is 0.801. The molecule has 0 radical (unpaired) electrons. The summed E-state index contributed by atoms with van der Waals surface area (Å²) in [6, 6.07) is 21.6. The van der Waals surface area contributed by atoms with Crippen molar-refractivity contribution in [3.05, 3.63) is 94.5 Å². The molecule has 0 atom stereocenters. The zero-order chi connectivity index (χ0) is 21.8. The third-order valence-corrected chi connectivity index (χ3v) is 5.36. The molecule has 0 aliphatic carbocycles. The highest BCUT2D eigenvalue weighted by atomic mass is 16.5. The predicted molar refractivity (Wildman–Crippen MR) is 117 cm³/mol. The van der Waals surface area contributed by atoms with Gasteiger partial charge in [-0.15, -0.1) is 0 Å². The standard InChI is InChI=1S/C25H21N3O3/c1-31-22-10-8-21(9-11-22)25(30)28-13-12-19-5-4-18(14-23(19)28)16-27-24(29)20-6-2-17(15-26)3-7-20/h2-11,14H,12-13,16H2,1H3,(H,27,29). The van der Waals surface area contributed by atoms with Crippen LogP contribution in [0.15, 0.2) is 66.7 Å². The van der Waals surface area contributed by atoms with Crippen LogP contribution < -0.4 is 15.0 Å². The largest absolute Gasteiger partial charge is 0.497 e. The summed E-state index contributed by atoms with van der Waals surface area (Å²) < 4.78 is 5.16. The molecule has 2 amide bonds. The minimum Gasteiger partial charge on any atom is -0.497 e. The van der Waals surface area contributed by atoms with E-state index in [0.29, 0.717) is 35.5 Å². The molecule has 0 unspecified atom stereocenters. The number of nitrogens with one attached hydrogen (secondary N) is 1. The lowest BCUT2D eigenvalue weighted by molar-refractivity contribution is 0.0949. The van der Waals surface area contributed by atoms with Crippen molar-refractivity contribution in [3.63, 3.8) is 0 Å². The highest BCUT2D eigenvalue weighted by Gasteiger charge is 2.26. The van der Waals surface area contributed by atoms with Gasteiger partial charge in [0.25, 0.3) is 11.8 Å². The summed E-state index contributed by atoms with van der Waals surface area (Å²) in [6.45, 7) is 0.970. The molecular formula is C25H21N3O3. The molecule has 3 aromatic carbocycles. The number of ether oxygens (including phenoxy) is 1. The number of methoxy groups -OCH3 is 1. The van der Waals surface area contributed by atoms with Crippen molar-refractivity contribution in [2.75, 3.05) is 18.6 Å². The van der Waals surface area contributed by atoms with Crippen molar-refractivity contribution in [3.8, 4) is 11.8 Å². The third kappa shape index (κ3) is 4.26. The zero-order valence-electron chi connectivity index (χ0n) is 17.1. The van der Waals surface area contributed by atoms with Gasteiger partial charge in [-0.1, -0.05) is 12.1 Å². The number of benzene rings is 3. The van der Waals surface area contributed by atoms with Gasteiger partial charge in [0.15, 0.2) is 0 Å². The van der Waals surface area contributed by atoms with Crippen molar-refractivity contribution in [2.24, 2.45) is 0 Å². The quantitative estimate of drug-likeness (QED) is 0.694. The molecule has 31 heavy (non-hydrogen) atoms. The number of fused-ring (bicyclic) bond motifs is 1. The topological polar surface area (TPSA) is 82.4 Å². The fourth-order valence-corrected chi connectivity index (χ4v) is 3.62. The third-order valence-electron chi connectivity index (χ3n) is 5.36. The van der Waals surface area contributed by atoms with Gasteiger partial charge < -0.3 is 15.0 Å². The zero-order valence-corrected chi connectivity index (χ0v) is 17.1. The minimum atomic E-state index is -0.212. The maximum Gasteiger partial charge on any atom is 0.258 e. The number of carbonyl (C=O) groups excluding carboxylic acids is 2. The summed E-state index contributed by atoms with van der Waals surface area (Å²) in [4.78, 5) is 27.2. The maximum atomic E-state index is 13.0. The molecule has 0 aromatic heterocycles. The smallest absolute Gasteiger partial charge is 0.258 e. The van der Waals surface area contributed by atoms with E-state index < -0.39 is 0 Å². The highest BCUT2D eigenvalue weighted by Crippen LogP contribution is 2.30. The molecule has 0 bridgehead atoms. The van der Waals surface area contributed by atoms with Crippen molar-refractivity contribution < 1.29 is 14.3 Å². The first kappa shape index (κ1) is 20.2. The Labute approximate surface area is 180 Å². The number of amides is 2. The molecule has 1 heterocycles. The van der Waals surface area contributed by atoms with E-state index in [1.165, 1.54) is 0 Å². The number of carbonyl (C=O) groups is 2. The van der Waals surface area contributed by atoms with Crippen LogP contribution >= 0.6 is 0 Å². The van der Waals surface area contributed by atoms with Crippen LogP contribution in [-0.2, 0) is 13.0 Å². The monoisotopic (exact) mass is 411 g/mol. The van der Waals surface area contributed by atoms with E-state index in [4.69, 9.17) is 10.00 Å². The van der Waals surface area contributed by atoms with E-state index in [9.17, 15) is 9.59 Å². The maximum absolute atomic E-state index is 13.0. The number of hydrogen-bond donors (Lipinski definition) is 1. The van der Waals surface area contributed by atoms with Crippen molar-refractivity contribution >= 4 is 17.5 Å². The van der Waals surface area contributed by atoms with Gasteiger partial charge in [0.2, 0.25) is 0 Å². The molecule has 154 valence electrons. The molecule has 1 N–H and O–H groups in total. The molecule has 0 spiro atoms. The lowest BCUT2D eigenvalue weighted by Gasteiger charge is -2.18. The van der Waals surface area contributed by atoms with Crippen LogP contribution in [0.1, 0.15) is 37.4 Å². The van der Waals surface area contributed by atoms with Gasteiger partial charge in [0.05, 0.1) is 18.7 Å². The van der Waals surface area contributed by atoms with Gasteiger partial charge in [-0.25, -0.2) is 0 Å². The Morgan fingerprint density at radius 1 is 1.03 bits per heavy atom. The number of rotatable bonds is 5. The molecule has 0 saturated heterocycles.